The quantitative estimate of drug-likeness (QED) is 0.296. The number of fused-ring (bicyclic) bond motifs is 1. The molecule has 3 aromatic carbocycles. The third-order valence-corrected chi connectivity index (χ3v) is 5.90. The molecular formula is C26H23NO6. The van der Waals surface area contributed by atoms with Gasteiger partial charge in [0.2, 0.25) is 6.79 Å². The first-order valence-corrected chi connectivity index (χ1v) is 10.6. The second-order valence-corrected chi connectivity index (χ2v) is 7.87. The maximum atomic E-state index is 12.6. The van der Waals surface area contributed by atoms with E-state index in [1.807, 2.05) is 42.5 Å². The van der Waals surface area contributed by atoms with Gasteiger partial charge in [0, 0.05) is 5.92 Å². The molecular weight excluding hydrogens is 422 g/mol. The Morgan fingerprint density at radius 2 is 1.48 bits per heavy atom. The number of oxime groups is 1. The number of hydrogen-bond donors (Lipinski definition) is 0. The number of carbonyl (C=O) groups is 1. The van der Waals surface area contributed by atoms with Gasteiger partial charge in [-0.3, -0.25) is 0 Å². The first kappa shape index (κ1) is 20.9. The fourth-order valence-corrected chi connectivity index (χ4v) is 3.98. The van der Waals surface area contributed by atoms with Gasteiger partial charge in [0.05, 0.1) is 25.5 Å². The van der Waals surface area contributed by atoms with E-state index in [-0.39, 0.29) is 18.6 Å². The first-order valence-electron chi connectivity index (χ1n) is 10.6. The Labute approximate surface area is 191 Å². The van der Waals surface area contributed by atoms with Crippen LogP contribution in [0.15, 0.2) is 71.9 Å². The van der Waals surface area contributed by atoms with Crippen LogP contribution in [0.4, 0.5) is 0 Å². The van der Waals surface area contributed by atoms with E-state index in [4.69, 9.17) is 23.8 Å². The monoisotopic (exact) mass is 445 g/mol. The molecule has 5 rings (SSSR count). The molecule has 3 aromatic rings. The van der Waals surface area contributed by atoms with Crippen LogP contribution in [0.1, 0.15) is 33.8 Å². The van der Waals surface area contributed by atoms with E-state index in [2.05, 4.69) is 5.16 Å². The van der Waals surface area contributed by atoms with Gasteiger partial charge in [-0.15, -0.1) is 0 Å². The topological polar surface area (TPSA) is 75.6 Å². The Bertz CT molecular complexity index is 1190. The summed E-state index contributed by atoms with van der Waals surface area (Å²) in [4.78, 5) is 17.9. The second-order valence-electron chi connectivity index (χ2n) is 7.87. The lowest BCUT2D eigenvalue weighted by Crippen LogP contribution is -2.09. The van der Waals surface area contributed by atoms with Gasteiger partial charge in [0.15, 0.2) is 11.5 Å². The molecule has 168 valence electrons. The summed E-state index contributed by atoms with van der Waals surface area (Å²) in [6.45, 7) is 0.243. The van der Waals surface area contributed by atoms with Crippen molar-refractivity contribution >= 4 is 11.7 Å². The predicted octanol–water partition coefficient (Wildman–Crippen LogP) is 4.80. The number of ether oxygens (including phenoxy) is 4. The third kappa shape index (κ3) is 4.35. The van der Waals surface area contributed by atoms with Crippen molar-refractivity contribution in [1.29, 1.82) is 0 Å². The highest BCUT2D eigenvalue weighted by molar-refractivity contribution is 6.05. The summed E-state index contributed by atoms with van der Waals surface area (Å²) in [6, 6.07) is 20.3. The van der Waals surface area contributed by atoms with Crippen molar-refractivity contribution in [3.05, 3.63) is 83.4 Å². The molecule has 0 amide bonds. The number of rotatable bonds is 7. The van der Waals surface area contributed by atoms with Gasteiger partial charge in [-0.05, 0) is 84.1 Å². The van der Waals surface area contributed by atoms with E-state index >= 15 is 0 Å². The summed E-state index contributed by atoms with van der Waals surface area (Å²) < 4.78 is 21.4. The fraction of sp³-hybridized carbons (Fsp3) is 0.231. The van der Waals surface area contributed by atoms with Crippen LogP contribution in [0, 0.1) is 5.92 Å². The Morgan fingerprint density at radius 3 is 2.15 bits per heavy atom. The third-order valence-electron chi connectivity index (χ3n) is 5.90. The van der Waals surface area contributed by atoms with Crippen LogP contribution in [-0.2, 0) is 4.84 Å². The normalized spacial score (nSPS) is 18.5. The zero-order valence-electron chi connectivity index (χ0n) is 18.3. The summed E-state index contributed by atoms with van der Waals surface area (Å²) in [5.74, 6) is 2.77. The highest BCUT2D eigenvalue weighted by Crippen LogP contribution is 2.51. The molecule has 2 aliphatic rings. The van der Waals surface area contributed by atoms with E-state index in [1.54, 1.807) is 38.5 Å². The van der Waals surface area contributed by atoms with Crippen LogP contribution in [0.25, 0.3) is 0 Å². The lowest BCUT2D eigenvalue weighted by molar-refractivity contribution is 0.0515. The minimum Gasteiger partial charge on any atom is -0.497 e. The minimum atomic E-state index is -0.524. The molecule has 0 spiro atoms. The SMILES string of the molecule is COc1ccc(C(=O)O/N=C(\c2ccc(OC)cc2)[C@@H]2C[C@H]2c2ccc3c(c2)OCO3)cc1. The lowest BCUT2D eigenvalue weighted by atomic mass is 10.0. The minimum absolute atomic E-state index is 0.113. The van der Waals surface area contributed by atoms with Crippen molar-refractivity contribution in [3.8, 4) is 23.0 Å². The summed E-state index contributed by atoms with van der Waals surface area (Å²) >= 11 is 0. The summed E-state index contributed by atoms with van der Waals surface area (Å²) in [6.07, 6.45) is 0.893. The van der Waals surface area contributed by atoms with Crippen LogP contribution in [0.2, 0.25) is 0 Å². The van der Waals surface area contributed by atoms with Crippen molar-refractivity contribution in [1.82, 2.24) is 0 Å². The Balaban J connectivity index is 1.39. The van der Waals surface area contributed by atoms with Gasteiger partial charge in [0.1, 0.15) is 11.5 Å². The lowest BCUT2D eigenvalue weighted by Gasteiger charge is -2.09. The maximum Gasteiger partial charge on any atom is 0.365 e. The van der Waals surface area contributed by atoms with Gasteiger partial charge >= 0.3 is 5.97 Å². The van der Waals surface area contributed by atoms with Gasteiger partial charge in [0.25, 0.3) is 0 Å². The van der Waals surface area contributed by atoms with Crippen LogP contribution < -0.4 is 18.9 Å². The molecule has 33 heavy (non-hydrogen) atoms. The molecule has 1 heterocycles. The van der Waals surface area contributed by atoms with Crippen molar-refractivity contribution in [3.63, 3.8) is 0 Å². The standard InChI is InChI=1S/C26H23NO6/c1-29-19-8-3-16(4-9-19)25(27-33-26(28)17-5-10-20(30-2)11-6-17)22-14-21(22)18-7-12-23-24(13-18)32-15-31-23/h3-13,21-22H,14-15H2,1-2H3/b27-25+/t21-,22+/m0/s1. The molecule has 7 nitrogen and oxygen atoms in total. The number of benzene rings is 3. The molecule has 0 radical (unpaired) electrons. The summed E-state index contributed by atoms with van der Waals surface area (Å²) in [7, 11) is 3.20. The van der Waals surface area contributed by atoms with Crippen molar-refractivity contribution in [2.45, 2.75) is 12.3 Å². The van der Waals surface area contributed by atoms with E-state index < -0.39 is 5.97 Å². The van der Waals surface area contributed by atoms with Crippen LogP contribution in [-0.4, -0.2) is 32.7 Å². The molecule has 1 saturated carbocycles. The van der Waals surface area contributed by atoms with E-state index in [0.29, 0.717) is 11.3 Å². The Hall–Kier alpha value is -4.00. The van der Waals surface area contributed by atoms with Gasteiger partial charge in [-0.25, -0.2) is 4.79 Å². The molecule has 1 aliphatic heterocycles. The van der Waals surface area contributed by atoms with Gasteiger partial charge in [-0.2, -0.15) is 0 Å². The molecule has 1 aliphatic carbocycles. The Morgan fingerprint density at radius 1 is 0.848 bits per heavy atom. The highest BCUT2D eigenvalue weighted by atomic mass is 16.7. The van der Waals surface area contributed by atoms with Crippen molar-refractivity contribution in [2.24, 2.45) is 11.1 Å². The zero-order valence-corrected chi connectivity index (χ0v) is 18.3. The molecule has 0 saturated heterocycles. The smallest absolute Gasteiger partial charge is 0.365 e. The predicted molar refractivity (Wildman–Crippen MR) is 121 cm³/mol. The van der Waals surface area contributed by atoms with E-state index in [0.717, 1.165) is 40.5 Å². The molecule has 1 fully saturated rings. The molecule has 0 aromatic heterocycles. The summed E-state index contributed by atoms with van der Waals surface area (Å²) in [5, 5.41) is 4.32. The average Bonchev–Trinajstić information content (AvgIpc) is 3.51. The largest absolute Gasteiger partial charge is 0.497 e. The molecule has 0 unspecified atom stereocenters. The van der Waals surface area contributed by atoms with E-state index in [9.17, 15) is 4.79 Å². The number of carbonyl (C=O) groups excluding carboxylic acids is 1. The zero-order chi connectivity index (χ0) is 22.8. The number of methoxy groups -OCH3 is 2. The number of nitrogens with zero attached hydrogens (tertiary/aromatic N) is 1. The van der Waals surface area contributed by atoms with E-state index in [1.165, 1.54) is 0 Å². The molecule has 7 heteroatoms. The molecule has 2 atom stereocenters. The second kappa shape index (κ2) is 8.86. The first-order chi connectivity index (χ1) is 16.2. The highest BCUT2D eigenvalue weighted by Gasteiger charge is 2.43. The summed E-state index contributed by atoms with van der Waals surface area (Å²) in [5.41, 5.74) is 3.15. The number of hydrogen-bond acceptors (Lipinski definition) is 7. The molecule has 0 N–H and O–H groups in total. The van der Waals surface area contributed by atoms with Crippen LogP contribution in [0.5, 0.6) is 23.0 Å². The van der Waals surface area contributed by atoms with Gasteiger partial charge in [-0.1, -0.05) is 11.2 Å². The van der Waals surface area contributed by atoms with Crippen molar-refractivity contribution < 1.29 is 28.6 Å². The fourth-order valence-electron chi connectivity index (χ4n) is 3.98. The molecule has 0 bridgehead atoms. The van der Waals surface area contributed by atoms with Gasteiger partial charge < -0.3 is 23.8 Å². The van der Waals surface area contributed by atoms with Crippen LogP contribution in [0.3, 0.4) is 0 Å². The average molecular weight is 445 g/mol. The Kier molecular flexibility index (Phi) is 5.60. The van der Waals surface area contributed by atoms with Crippen molar-refractivity contribution in [2.75, 3.05) is 21.0 Å². The maximum absolute atomic E-state index is 12.6. The van der Waals surface area contributed by atoms with Crippen LogP contribution >= 0.6 is 0 Å².